The third-order valence-corrected chi connectivity index (χ3v) is 3.79. The first-order valence-corrected chi connectivity index (χ1v) is 7.48. The fourth-order valence-electron chi connectivity index (χ4n) is 2.72. The van der Waals surface area contributed by atoms with Crippen molar-refractivity contribution < 1.29 is 13.5 Å². The molecular formula is C16H12F2N8O. The number of nitrogens with two attached hydrogens (primary N) is 2. The van der Waals surface area contributed by atoms with Gasteiger partial charge in [-0.25, -0.2) is 9.98 Å². The quantitative estimate of drug-likeness (QED) is 0.469. The molecule has 1 unspecified atom stereocenters. The Bertz CT molecular complexity index is 1010. The summed E-state index contributed by atoms with van der Waals surface area (Å²) in [4.78, 5) is 8.38. The largest absolute Gasteiger partial charge is 0.434 e. The zero-order valence-electron chi connectivity index (χ0n) is 13.6. The topological polar surface area (TPSA) is 158 Å². The number of aliphatic imine (C=N–C) groups is 1. The smallest absolute Gasteiger partial charge is 0.387 e. The van der Waals surface area contributed by atoms with E-state index in [-0.39, 0.29) is 45.7 Å². The second-order valence-corrected chi connectivity index (χ2v) is 5.32. The number of nitrogens with one attached hydrogen (secondary N) is 2. The fourth-order valence-corrected chi connectivity index (χ4v) is 2.72. The molecule has 2 aromatic rings. The maximum Gasteiger partial charge on any atom is 0.387 e. The monoisotopic (exact) mass is 370 g/mol. The molecule has 0 aliphatic carbocycles. The van der Waals surface area contributed by atoms with E-state index >= 15 is 0 Å². The summed E-state index contributed by atoms with van der Waals surface area (Å²) in [5.74, 6) is -0.0816. The van der Waals surface area contributed by atoms with Gasteiger partial charge in [-0.1, -0.05) is 18.2 Å². The maximum absolute atomic E-state index is 12.8. The standard InChI is InChI=1S/C16H12F2N8O/c17-15(18)27-9-4-2-1-3-7(9)12-10-11(21)8(5-19)13(22)25-14(10)26-16(24-12)23-6-20/h1-4,12,15H,(H6,21,22,23,24,25,26). The number of halogens is 2. The molecule has 0 saturated carbocycles. The molecule has 3 rings (SSSR count). The van der Waals surface area contributed by atoms with Gasteiger partial charge in [-0.05, 0) is 6.07 Å². The molecule has 0 radical (unpaired) electrons. The van der Waals surface area contributed by atoms with Gasteiger partial charge in [0, 0.05) is 11.1 Å². The summed E-state index contributed by atoms with van der Waals surface area (Å²) in [7, 11) is 0. The molecule has 1 aliphatic heterocycles. The first-order chi connectivity index (χ1) is 13.0. The van der Waals surface area contributed by atoms with Crippen LogP contribution in [0.5, 0.6) is 5.75 Å². The summed E-state index contributed by atoms with van der Waals surface area (Å²) in [5.41, 5.74) is 12.3. The van der Waals surface area contributed by atoms with Crippen molar-refractivity contribution in [1.82, 2.24) is 10.3 Å². The molecule has 0 fully saturated rings. The average molecular weight is 370 g/mol. The molecule has 2 heterocycles. The van der Waals surface area contributed by atoms with E-state index in [9.17, 15) is 14.0 Å². The summed E-state index contributed by atoms with van der Waals surface area (Å²) in [6.07, 6.45) is 1.70. The van der Waals surface area contributed by atoms with Crippen molar-refractivity contribution in [3.63, 3.8) is 0 Å². The highest BCUT2D eigenvalue weighted by Gasteiger charge is 2.31. The van der Waals surface area contributed by atoms with Gasteiger partial charge in [0.1, 0.15) is 35.1 Å². The van der Waals surface area contributed by atoms with Gasteiger partial charge < -0.3 is 21.5 Å². The predicted octanol–water partition coefficient (Wildman–Crippen LogP) is 1.66. The second kappa shape index (κ2) is 7.01. The van der Waals surface area contributed by atoms with Crippen LogP contribution in [0.4, 0.5) is 26.1 Å². The number of nitrogens with zero attached hydrogens (tertiary/aromatic N) is 4. The third kappa shape index (κ3) is 3.21. The number of fused-ring (bicyclic) bond motifs is 1. The van der Waals surface area contributed by atoms with E-state index in [1.165, 1.54) is 18.2 Å². The molecular weight excluding hydrogens is 358 g/mol. The van der Waals surface area contributed by atoms with Crippen molar-refractivity contribution in [2.45, 2.75) is 12.7 Å². The molecule has 27 heavy (non-hydrogen) atoms. The number of anilines is 3. The molecule has 1 atom stereocenters. The number of rotatable bonds is 3. The number of guanidine groups is 1. The van der Waals surface area contributed by atoms with Crippen LogP contribution in [-0.2, 0) is 0 Å². The lowest BCUT2D eigenvalue weighted by Crippen LogP contribution is -2.33. The number of hydrogen-bond donors (Lipinski definition) is 4. The number of para-hydroxylation sites is 1. The lowest BCUT2D eigenvalue weighted by atomic mass is 9.94. The molecule has 0 bridgehead atoms. The van der Waals surface area contributed by atoms with Crippen LogP contribution in [0.3, 0.4) is 0 Å². The van der Waals surface area contributed by atoms with Crippen LogP contribution in [0, 0.1) is 22.8 Å². The lowest BCUT2D eigenvalue weighted by Gasteiger charge is -2.27. The number of nitriles is 2. The number of benzene rings is 1. The summed E-state index contributed by atoms with van der Waals surface area (Å²) in [5, 5.41) is 23.2. The maximum atomic E-state index is 12.8. The molecule has 1 aliphatic rings. The molecule has 9 nitrogen and oxygen atoms in total. The highest BCUT2D eigenvalue weighted by Crippen LogP contribution is 2.43. The minimum absolute atomic E-state index is 0.00380. The van der Waals surface area contributed by atoms with E-state index in [2.05, 4.69) is 25.3 Å². The van der Waals surface area contributed by atoms with Crippen molar-refractivity contribution in [3.8, 4) is 18.0 Å². The molecule has 1 aromatic heterocycles. The molecule has 6 N–H and O–H groups in total. The Morgan fingerprint density at radius 2 is 2.00 bits per heavy atom. The van der Waals surface area contributed by atoms with E-state index < -0.39 is 12.7 Å². The summed E-state index contributed by atoms with van der Waals surface area (Å²) >= 11 is 0. The van der Waals surface area contributed by atoms with Crippen molar-refractivity contribution in [2.75, 3.05) is 16.8 Å². The van der Waals surface area contributed by atoms with Crippen LogP contribution >= 0.6 is 0 Å². The Kier molecular flexibility index (Phi) is 4.60. The van der Waals surface area contributed by atoms with Crippen LogP contribution in [0.15, 0.2) is 29.3 Å². The summed E-state index contributed by atoms with van der Waals surface area (Å²) in [6, 6.07) is 6.89. The Labute approximate surface area is 151 Å². The zero-order chi connectivity index (χ0) is 19.6. The Morgan fingerprint density at radius 1 is 1.26 bits per heavy atom. The van der Waals surface area contributed by atoms with E-state index in [0.29, 0.717) is 0 Å². The Balaban J connectivity index is 2.25. The number of hydrogen-bond acceptors (Lipinski definition) is 9. The number of pyridine rings is 1. The minimum atomic E-state index is -3.05. The number of nitrogen functional groups attached to an aromatic ring is 2. The Morgan fingerprint density at radius 3 is 2.67 bits per heavy atom. The molecule has 0 saturated heterocycles. The van der Waals surface area contributed by atoms with Gasteiger partial charge in [-0.2, -0.15) is 19.3 Å². The molecule has 11 heteroatoms. The van der Waals surface area contributed by atoms with Gasteiger partial charge in [0.05, 0.1) is 5.69 Å². The summed E-state index contributed by atoms with van der Waals surface area (Å²) in [6.45, 7) is -3.05. The summed E-state index contributed by atoms with van der Waals surface area (Å²) < 4.78 is 30.1. The molecule has 136 valence electrons. The fraction of sp³-hybridized carbons (Fsp3) is 0.125. The third-order valence-electron chi connectivity index (χ3n) is 3.79. The van der Waals surface area contributed by atoms with Gasteiger partial charge in [0.25, 0.3) is 0 Å². The van der Waals surface area contributed by atoms with Crippen LogP contribution in [0.1, 0.15) is 22.7 Å². The van der Waals surface area contributed by atoms with Crippen molar-refractivity contribution >= 4 is 23.3 Å². The van der Waals surface area contributed by atoms with Gasteiger partial charge in [-0.15, -0.1) is 0 Å². The van der Waals surface area contributed by atoms with Crippen molar-refractivity contribution in [2.24, 2.45) is 4.99 Å². The van der Waals surface area contributed by atoms with Crippen molar-refractivity contribution in [3.05, 3.63) is 41.0 Å². The van der Waals surface area contributed by atoms with E-state index in [1.807, 2.05) is 6.07 Å². The van der Waals surface area contributed by atoms with E-state index in [1.54, 1.807) is 12.3 Å². The molecule has 1 aromatic carbocycles. The van der Waals surface area contributed by atoms with Gasteiger partial charge in [-0.3, -0.25) is 5.32 Å². The average Bonchev–Trinajstić information content (AvgIpc) is 2.61. The first kappa shape index (κ1) is 17.7. The highest BCUT2D eigenvalue weighted by molar-refractivity contribution is 5.98. The minimum Gasteiger partial charge on any atom is -0.434 e. The lowest BCUT2D eigenvalue weighted by molar-refractivity contribution is -0.0505. The SMILES string of the molecule is N#CNC1=NC(c2ccccc2OC(F)F)c2c(nc(N)c(C#N)c2N)N1. The Hall–Kier alpha value is -4.12. The number of ether oxygens (including phenoxy) is 1. The number of aromatic nitrogens is 1. The van der Waals surface area contributed by atoms with Crippen LogP contribution in [0.25, 0.3) is 0 Å². The van der Waals surface area contributed by atoms with Crippen LogP contribution < -0.4 is 26.8 Å². The van der Waals surface area contributed by atoms with Crippen molar-refractivity contribution in [1.29, 1.82) is 10.5 Å². The zero-order valence-corrected chi connectivity index (χ0v) is 13.6. The van der Waals surface area contributed by atoms with Gasteiger partial charge >= 0.3 is 6.61 Å². The predicted molar refractivity (Wildman–Crippen MR) is 92.5 cm³/mol. The normalized spacial score (nSPS) is 15.0. The first-order valence-electron chi connectivity index (χ1n) is 7.48. The molecule has 0 spiro atoms. The highest BCUT2D eigenvalue weighted by atomic mass is 19.3. The van der Waals surface area contributed by atoms with Gasteiger partial charge in [0.15, 0.2) is 6.19 Å². The molecule has 0 amide bonds. The van der Waals surface area contributed by atoms with E-state index in [0.717, 1.165) is 0 Å². The van der Waals surface area contributed by atoms with Crippen LogP contribution in [-0.4, -0.2) is 17.6 Å². The van der Waals surface area contributed by atoms with Gasteiger partial charge in [0.2, 0.25) is 5.96 Å². The van der Waals surface area contributed by atoms with E-state index in [4.69, 9.17) is 16.7 Å². The second-order valence-electron chi connectivity index (χ2n) is 5.32. The van der Waals surface area contributed by atoms with Crippen LogP contribution in [0.2, 0.25) is 0 Å². The number of alkyl halides is 2.